The van der Waals surface area contributed by atoms with Crippen molar-refractivity contribution in [2.24, 2.45) is 0 Å². The van der Waals surface area contributed by atoms with Gasteiger partial charge in [-0.25, -0.2) is 0 Å². The van der Waals surface area contributed by atoms with Crippen molar-refractivity contribution < 1.29 is 14.1 Å². The lowest BCUT2D eigenvalue weighted by molar-refractivity contribution is -0.132. The van der Waals surface area contributed by atoms with Gasteiger partial charge in [0.2, 0.25) is 11.8 Å². The zero-order chi connectivity index (χ0) is 23.7. The van der Waals surface area contributed by atoms with E-state index in [-0.39, 0.29) is 30.1 Å². The van der Waals surface area contributed by atoms with E-state index in [4.69, 9.17) is 4.52 Å². The van der Waals surface area contributed by atoms with Gasteiger partial charge in [-0.3, -0.25) is 14.6 Å². The Balaban J connectivity index is 1.18. The second-order valence-corrected chi connectivity index (χ2v) is 9.01. The maximum absolute atomic E-state index is 12.8. The number of hydrogen-bond donors (Lipinski definition) is 0. The number of aromatic nitrogens is 5. The number of rotatable bonds is 5. The van der Waals surface area contributed by atoms with Crippen molar-refractivity contribution in [3.63, 3.8) is 0 Å². The van der Waals surface area contributed by atoms with Crippen molar-refractivity contribution in [2.45, 2.75) is 44.9 Å². The molecule has 0 spiro atoms. The molecule has 9 heteroatoms. The molecule has 5 rings (SSSR count). The van der Waals surface area contributed by atoms with Crippen LogP contribution in [0.3, 0.4) is 0 Å². The number of fused-ring (bicyclic) bond motifs is 1. The fraction of sp³-hybridized carbons (Fsp3) is 0.360. The maximum Gasteiger partial charge on any atom is 0.259 e. The van der Waals surface area contributed by atoms with Gasteiger partial charge in [0.1, 0.15) is 0 Å². The highest BCUT2D eigenvalue weighted by molar-refractivity contribution is 5.93. The number of nitrogens with zero attached hydrogens (tertiary/aromatic N) is 6. The standard InChI is InChI=1S/C25H26N6O3/c1-17-19-7-3-4-8-20(19)31(28-17)22(33)10-9-21(32)30-14-11-25(2,12-15-30)24-27-23(34-29-24)18-6-5-13-26-16-18/h3-8,13,16H,9-12,14-15H2,1-2H3. The van der Waals surface area contributed by atoms with E-state index in [0.717, 1.165) is 35.0 Å². The molecule has 4 aromatic rings. The summed E-state index contributed by atoms with van der Waals surface area (Å²) in [6, 6.07) is 11.3. The van der Waals surface area contributed by atoms with E-state index in [9.17, 15) is 9.59 Å². The van der Waals surface area contributed by atoms with E-state index in [2.05, 4.69) is 27.1 Å². The third-order valence-corrected chi connectivity index (χ3v) is 6.66. The molecule has 0 radical (unpaired) electrons. The van der Waals surface area contributed by atoms with Gasteiger partial charge in [0, 0.05) is 49.1 Å². The summed E-state index contributed by atoms with van der Waals surface area (Å²) in [5.74, 6) is 0.902. The van der Waals surface area contributed by atoms with E-state index in [1.807, 2.05) is 48.2 Å². The predicted molar refractivity (Wildman–Crippen MR) is 125 cm³/mol. The molecule has 0 atom stereocenters. The monoisotopic (exact) mass is 458 g/mol. The van der Waals surface area contributed by atoms with E-state index < -0.39 is 0 Å². The van der Waals surface area contributed by atoms with Crippen LogP contribution in [0.2, 0.25) is 0 Å². The van der Waals surface area contributed by atoms with Crippen LogP contribution in [0, 0.1) is 6.92 Å². The number of carbonyl (C=O) groups is 2. The lowest BCUT2D eigenvalue weighted by atomic mass is 9.79. The van der Waals surface area contributed by atoms with E-state index in [0.29, 0.717) is 24.8 Å². The van der Waals surface area contributed by atoms with Gasteiger partial charge in [-0.15, -0.1) is 0 Å². The molecule has 174 valence electrons. The fourth-order valence-corrected chi connectivity index (χ4v) is 4.44. The second kappa shape index (κ2) is 8.81. The van der Waals surface area contributed by atoms with Crippen LogP contribution in [0.1, 0.15) is 48.9 Å². The van der Waals surface area contributed by atoms with E-state index >= 15 is 0 Å². The van der Waals surface area contributed by atoms with Crippen molar-refractivity contribution in [2.75, 3.05) is 13.1 Å². The first-order valence-electron chi connectivity index (χ1n) is 11.4. The highest BCUT2D eigenvalue weighted by atomic mass is 16.5. The van der Waals surface area contributed by atoms with Gasteiger partial charge in [0.05, 0.1) is 16.8 Å². The average molecular weight is 459 g/mol. The van der Waals surface area contributed by atoms with Crippen molar-refractivity contribution in [3.05, 3.63) is 60.3 Å². The Morgan fingerprint density at radius 2 is 1.82 bits per heavy atom. The van der Waals surface area contributed by atoms with Crippen molar-refractivity contribution in [1.82, 2.24) is 29.8 Å². The summed E-state index contributed by atoms with van der Waals surface area (Å²) in [6.45, 7) is 5.15. The van der Waals surface area contributed by atoms with Crippen LogP contribution in [-0.2, 0) is 10.2 Å². The first-order valence-corrected chi connectivity index (χ1v) is 11.4. The summed E-state index contributed by atoms with van der Waals surface area (Å²) in [4.78, 5) is 36.1. The normalized spacial score (nSPS) is 15.5. The topological polar surface area (TPSA) is 107 Å². The van der Waals surface area contributed by atoms with Crippen LogP contribution in [0.4, 0.5) is 0 Å². The van der Waals surface area contributed by atoms with Crippen LogP contribution < -0.4 is 0 Å². The van der Waals surface area contributed by atoms with E-state index in [1.54, 1.807) is 12.4 Å². The quantitative estimate of drug-likeness (QED) is 0.448. The number of pyridine rings is 1. The minimum Gasteiger partial charge on any atom is -0.343 e. The minimum absolute atomic E-state index is 0.0206. The molecular weight excluding hydrogens is 432 g/mol. The van der Waals surface area contributed by atoms with Crippen LogP contribution in [0.25, 0.3) is 22.4 Å². The summed E-state index contributed by atoms with van der Waals surface area (Å²) in [5.41, 5.74) is 2.08. The Morgan fingerprint density at radius 1 is 1.06 bits per heavy atom. The SMILES string of the molecule is Cc1nn(C(=O)CCC(=O)N2CCC(C)(c3noc(-c4cccnc4)n3)CC2)c2ccccc12. The van der Waals surface area contributed by atoms with Crippen LogP contribution in [0.5, 0.6) is 0 Å². The Hall–Kier alpha value is -3.88. The molecule has 9 nitrogen and oxygen atoms in total. The Labute approximate surface area is 196 Å². The number of amides is 1. The zero-order valence-corrected chi connectivity index (χ0v) is 19.3. The van der Waals surface area contributed by atoms with Gasteiger partial charge in [0.25, 0.3) is 5.89 Å². The first kappa shape index (κ1) is 21.9. The Kier molecular flexibility index (Phi) is 5.69. The third-order valence-electron chi connectivity index (χ3n) is 6.66. The maximum atomic E-state index is 12.8. The van der Waals surface area contributed by atoms with Gasteiger partial charge in [-0.1, -0.05) is 30.3 Å². The van der Waals surface area contributed by atoms with E-state index in [1.165, 1.54) is 4.68 Å². The van der Waals surface area contributed by atoms with Gasteiger partial charge < -0.3 is 9.42 Å². The fourth-order valence-electron chi connectivity index (χ4n) is 4.44. The smallest absolute Gasteiger partial charge is 0.259 e. The summed E-state index contributed by atoms with van der Waals surface area (Å²) >= 11 is 0. The molecular formula is C25H26N6O3. The van der Waals surface area contributed by atoms with Crippen molar-refractivity contribution >= 4 is 22.7 Å². The largest absolute Gasteiger partial charge is 0.343 e. The van der Waals surface area contributed by atoms with Gasteiger partial charge in [-0.05, 0) is 38.0 Å². The number of piperidine rings is 1. The molecule has 4 heterocycles. The van der Waals surface area contributed by atoms with Gasteiger partial charge in [0.15, 0.2) is 5.82 Å². The third kappa shape index (κ3) is 4.09. The molecule has 1 saturated heterocycles. The van der Waals surface area contributed by atoms with Gasteiger partial charge in [-0.2, -0.15) is 14.8 Å². The Morgan fingerprint density at radius 3 is 2.59 bits per heavy atom. The molecule has 0 N–H and O–H groups in total. The highest BCUT2D eigenvalue weighted by Gasteiger charge is 2.37. The first-order chi connectivity index (χ1) is 16.4. The number of para-hydroxylation sites is 1. The molecule has 1 aliphatic rings. The molecule has 0 aliphatic carbocycles. The summed E-state index contributed by atoms with van der Waals surface area (Å²) in [6.07, 6.45) is 5.12. The molecule has 1 aromatic carbocycles. The summed E-state index contributed by atoms with van der Waals surface area (Å²) < 4.78 is 6.87. The number of likely N-dealkylation sites (tertiary alicyclic amines) is 1. The predicted octanol–water partition coefficient (Wildman–Crippen LogP) is 3.79. The lowest BCUT2D eigenvalue weighted by Crippen LogP contribution is -2.44. The molecule has 0 bridgehead atoms. The summed E-state index contributed by atoms with van der Waals surface area (Å²) in [7, 11) is 0. The Bertz CT molecular complexity index is 1340. The molecule has 0 saturated carbocycles. The van der Waals surface area contributed by atoms with Crippen LogP contribution in [0.15, 0.2) is 53.3 Å². The number of benzene rings is 1. The minimum atomic E-state index is -0.276. The molecule has 3 aromatic heterocycles. The highest BCUT2D eigenvalue weighted by Crippen LogP contribution is 2.34. The van der Waals surface area contributed by atoms with Crippen LogP contribution in [-0.4, -0.2) is 54.7 Å². The number of aryl methyl sites for hydroxylation is 1. The van der Waals surface area contributed by atoms with Gasteiger partial charge >= 0.3 is 0 Å². The molecule has 1 fully saturated rings. The lowest BCUT2D eigenvalue weighted by Gasteiger charge is -2.37. The van der Waals surface area contributed by atoms with Crippen molar-refractivity contribution in [3.8, 4) is 11.5 Å². The number of hydrogen-bond acceptors (Lipinski definition) is 7. The zero-order valence-electron chi connectivity index (χ0n) is 19.3. The van der Waals surface area contributed by atoms with Crippen LogP contribution >= 0.6 is 0 Å². The molecule has 34 heavy (non-hydrogen) atoms. The second-order valence-electron chi connectivity index (χ2n) is 9.01. The van der Waals surface area contributed by atoms with Crippen molar-refractivity contribution in [1.29, 1.82) is 0 Å². The number of carbonyl (C=O) groups excluding carboxylic acids is 2. The summed E-state index contributed by atoms with van der Waals surface area (Å²) in [5, 5.41) is 9.53. The molecule has 0 unspecified atom stereocenters. The molecule has 1 aliphatic heterocycles. The average Bonchev–Trinajstić information content (AvgIpc) is 3.50. The molecule has 1 amide bonds.